The van der Waals surface area contributed by atoms with Crippen LogP contribution in [0.15, 0.2) is 30.5 Å². The van der Waals surface area contributed by atoms with Gasteiger partial charge in [-0.3, -0.25) is 9.78 Å². The van der Waals surface area contributed by atoms with Crippen LogP contribution in [-0.2, 0) is 0 Å². The Morgan fingerprint density at radius 2 is 2.13 bits per heavy atom. The van der Waals surface area contributed by atoms with E-state index in [0.717, 1.165) is 22.0 Å². The lowest BCUT2D eigenvalue weighted by atomic mass is 9.84. The number of fused-ring (bicyclic) bond motifs is 3. The van der Waals surface area contributed by atoms with Gasteiger partial charge in [-0.2, -0.15) is 0 Å². The van der Waals surface area contributed by atoms with Gasteiger partial charge in [0, 0.05) is 23.8 Å². The molecule has 0 unspecified atom stereocenters. The molecule has 0 saturated carbocycles. The molecule has 1 N–H and O–H groups in total. The smallest absolute Gasteiger partial charge is 0.261 e. The Bertz CT molecular complexity index is 724. The topological polar surface area (TPSA) is 45.2 Å². The van der Waals surface area contributed by atoms with Gasteiger partial charge in [-0.25, -0.2) is 0 Å². The van der Waals surface area contributed by atoms with Crippen molar-refractivity contribution in [1.29, 1.82) is 0 Å². The van der Waals surface area contributed by atoms with Crippen LogP contribution >= 0.6 is 22.9 Å². The fraction of sp³-hybridized carbons (Fsp3) is 0.412. The first kappa shape index (κ1) is 15.1. The Morgan fingerprint density at radius 3 is 2.83 bits per heavy atom. The number of carbonyl (C=O) groups excluding carboxylic acids is 1. The maximum atomic E-state index is 12.5. The first-order chi connectivity index (χ1) is 11.2. The van der Waals surface area contributed by atoms with Crippen LogP contribution in [0.5, 0.6) is 0 Å². The SMILES string of the molecule is O=C(N[C@H]1CN2CCC1CC2)c1ccc(-c2cc(Cl)ccn2)s1. The van der Waals surface area contributed by atoms with E-state index in [1.165, 1.54) is 37.3 Å². The van der Waals surface area contributed by atoms with E-state index in [0.29, 0.717) is 17.0 Å². The second-order valence-corrected chi connectivity index (χ2v) is 7.76. The van der Waals surface area contributed by atoms with E-state index in [4.69, 9.17) is 11.6 Å². The molecule has 120 valence electrons. The number of halogens is 1. The molecule has 5 heterocycles. The molecule has 2 bridgehead atoms. The van der Waals surface area contributed by atoms with Crippen LogP contribution < -0.4 is 5.32 Å². The van der Waals surface area contributed by atoms with Crippen LogP contribution in [0.2, 0.25) is 5.02 Å². The minimum atomic E-state index is 0.0297. The lowest BCUT2D eigenvalue weighted by Gasteiger charge is -2.44. The van der Waals surface area contributed by atoms with Crippen LogP contribution in [0.4, 0.5) is 0 Å². The Labute approximate surface area is 144 Å². The van der Waals surface area contributed by atoms with E-state index in [9.17, 15) is 4.79 Å². The third-order valence-corrected chi connectivity index (χ3v) is 6.12. The monoisotopic (exact) mass is 347 g/mol. The summed E-state index contributed by atoms with van der Waals surface area (Å²) in [6.45, 7) is 3.35. The molecule has 4 nitrogen and oxygen atoms in total. The number of nitrogens with zero attached hydrogens (tertiary/aromatic N) is 2. The minimum absolute atomic E-state index is 0.0297. The molecule has 0 spiro atoms. The molecule has 1 amide bonds. The third kappa shape index (κ3) is 3.13. The molecule has 23 heavy (non-hydrogen) atoms. The normalized spacial score (nSPS) is 26.2. The Morgan fingerprint density at radius 1 is 1.30 bits per heavy atom. The van der Waals surface area contributed by atoms with Crippen LogP contribution in [0.3, 0.4) is 0 Å². The molecule has 5 rings (SSSR count). The number of aromatic nitrogens is 1. The van der Waals surface area contributed by atoms with Crippen LogP contribution in [0.1, 0.15) is 22.5 Å². The second-order valence-electron chi connectivity index (χ2n) is 6.24. The highest BCUT2D eigenvalue weighted by atomic mass is 35.5. The zero-order valence-corrected chi connectivity index (χ0v) is 14.2. The summed E-state index contributed by atoms with van der Waals surface area (Å²) in [4.78, 5) is 21.0. The van der Waals surface area contributed by atoms with Crippen molar-refractivity contribution in [3.63, 3.8) is 0 Å². The Hall–Kier alpha value is -1.43. The highest BCUT2D eigenvalue weighted by Gasteiger charge is 2.35. The predicted octanol–water partition coefficient (Wildman–Crippen LogP) is 3.29. The van der Waals surface area contributed by atoms with Crippen molar-refractivity contribution >= 4 is 28.8 Å². The van der Waals surface area contributed by atoms with Gasteiger partial charge < -0.3 is 10.2 Å². The third-order valence-electron chi connectivity index (χ3n) is 4.78. The number of hydrogen-bond acceptors (Lipinski definition) is 4. The minimum Gasteiger partial charge on any atom is -0.347 e. The molecular weight excluding hydrogens is 330 g/mol. The summed E-state index contributed by atoms with van der Waals surface area (Å²) in [5.41, 5.74) is 0.810. The van der Waals surface area contributed by atoms with Crippen molar-refractivity contribution in [2.75, 3.05) is 19.6 Å². The quantitative estimate of drug-likeness (QED) is 0.926. The van der Waals surface area contributed by atoms with E-state index in [-0.39, 0.29) is 5.91 Å². The lowest BCUT2D eigenvalue weighted by molar-refractivity contribution is 0.0622. The molecule has 3 fully saturated rings. The molecule has 3 aliphatic heterocycles. The molecular formula is C17H18ClN3OS. The fourth-order valence-corrected chi connectivity index (χ4v) is 4.54. The van der Waals surface area contributed by atoms with Crippen LogP contribution in [-0.4, -0.2) is 41.5 Å². The van der Waals surface area contributed by atoms with Gasteiger partial charge in [0.15, 0.2) is 0 Å². The molecule has 2 aromatic rings. The van der Waals surface area contributed by atoms with Crippen molar-refractivity contribution in [2.24, 2.45) is 5.92 Å². The molecule has 3 aliphatic rings. The summed E-state index contributed by atoms with van der Waals surface area (Å²) in [5.74, 6) is 0.667. The molecule has 2 aromatic heterocycles. The van der Waals surface area contributed by atoms with Crippen molar-refractivity contribution in [3.05, 3.63) is 40.4 Å². The number of amides is 1. The van der Waals surface area contributed by atoms with Gasteiger partial charge in [0.2, 0.25) is 0 Å². The maximum Gasteiger partial charge on any atom is 0.261 e. The van der Waals surface area contributed by atoms with E-state index < -0.39 is 0 Å². The summed E-state index contributed by atoms with van der Waals surface area (Å²) in [7, 11) is 0. The van der Waals surface area contributed by atoms with Crippen LogP contribution in [0.25, 0.3) is 10.6 Å². The van der Waals surface area contributed by atoms with Gasteiger partial charge in [0.05, 0.1) is 15.4 Å². The largest absolute Gasteiger partial charge is 0.347 e. The summed E-state index contributed by atoms with van der Waals surface area (Å²) in [5, 5.41) is 3.88. The molecule has 3 saturated heterocycles. The van der Waals surface area contributed by atoms with Gasteiger partial charge >= 0.3 is 0 Å². The van der Waals surface area contributed by atoms with Gasteiger partial charge in [-0.1, -0.05) is 11.6 Å². The van der Waals surface area contributed by atoms with Gasteiger partial charge in [0.25, 0.3) is 5.91 Å². The predicted molar refractivity (Wildman–Crippen MR) is 93.0 cm³/mol. The van der Waals surface area contributed by atoms with Crippen molar-refractivity contribution < 1.29 is 4.79 Å². The van der Waals surface area contributed by atoms with Gasteiger partial charge in [-0.15, -0.1) is 11.3 Å². The van der Waals surface area contributed by atoms with Crippen molar-refractivity contribution in [3.8, 4) is 10.6 Å². The number of thiophene rings is 1. The number of piperidine rings is 3. The van der Waals surface area contributed by atoms with Crippen molar-refractivity contribution in [1.82, 2.24) is 15.2 Å². The highest BCUT2D eigenvalue weighted by molar-refractivity contribution is 7.17. The van der Waals surface area contributed by atoms with Gasteiger partial charge in [-0.05, 0) is 56.1 Å². The molecule has 6 heteroatoms. The van der Waals surface area contributed by atoms with Crippen molar-refractivity contribution in [2.45, 2.75) is 18.9 Å². The average molecular weight is 348 g/mol. The second kappa shape index (κ2) is 6.23. The molecule has 1 atom stereocenters. The van der Waals surface area contributed by atoms with E-state index in [1.54, 1.807) is 12.3 Å². The number of rotatable bonds is 3. The molecule has 0 aliphatic carbocycles. The summed E-state index contributed by atoms with van der Waals surface area (Å²) in [6, 6.07) is 7.68. The number of hydrogen-bond donors (Lipinski definition) is 1. The standard InChI is InChI=1S/C17H18ClN3OS/c18-12-3-6-19-13(9-12)15-1-2-16(23-15)17(22)20-14-10-21-7-4-11(14)5-8-21/h1-3,6,9,11,14H,4-5,7-8,10H2,(H,20,22)/t14-/m0/s1. The summed E-state index contributed by atoms with van der Waals surface area (Å²) < 4.78 is 0. The number of carbonyl (C=O) groups is 1. The average Bonchev–Trinajstić information content (AvgIpc) is 3.06. The zero-order valence-electron chi connectivity index (χ0n) is 12.7. The Kier molecular flexibility index (Phi) is 4.09. The molecule has 0 aromatic carbocycles. The fourth-order valence-electron chi connectivity index (χ4n) is 3.51. The van der Waals surface area contributed by atoms with E-state index in [2.05, 4.69) is 15.2 Å². The van der Waals surface area contributed by atoms with E-state index >= 15 is 0 Å². The summed E-state index contributed by atoms with van der Waals surface area (Å²) in [6.07, 6.45) is 4.09. The zero-order chi connectivity index (χ0) is 15.8. The lowest BCUT2D eigenvalue weighted by Crippen LogP contribution is -2.57. The van der Waals surface area contributed by atoms with Gasteiger partial charge in [0.1, 0.15) is 0 Å². The number of pyridine rings is 1. The van der Waals surface area contributed by atoms with Crippen LogP contribution in [0, 0.1) is 5.92 Å². The summed E-state index contributed by atoms with van der Waals surface area (Å²) >= 11 is 7.47. The maximum absolute atomic E-state index is 12.5. The first-order valence-electron chi connectivity index (χ1n) is 7.94. The highest BCUT2D eigenvalue weighted by Crippen LogP contribution is 2.30. The molecule has 0 radical (unpaired) electrons. The number of nitrogens with one attached hydrogen (secondary N) is 1. The Balaban J connectivity index is 1.47. The van der Waals surface area contributed by atoms with E-state index in [1.807, 2.05) is 18.2 Å². The first-order valence-corrected chi connectivity index (χ1v) is 9.13.